The Morgan fingerprint density at radius 3 is 2.76 bits per heavy atom. The van der Waals surface area contributed by atoms with E-state index in [1.165, 1.54) is 14.0 Å². The molecule has 0 fully saturated rings. The highest BCUT2D eigenvalue weighted by Crippen LogP contribution is 2.15. The van der Waals surface area contributed by atoms with Crippen molar-refractivity contribution >= 4 is 15.9 Å². The summed E-state index contributed by atoms with van der Waals surface area (Å²) in [5.41, 5.74) is -0.00880. The van der Waals surface area contributed by atoms with E-state index in [-0.39, 0.29) is 22.8 Å². The van der Waals surface area contributed by atoms with E-state index >= 15 is 0 Å². The lowest BCUT2D eigenvalue weighted by atomic mass is 10.3. The Morgan fingerprint density at radius 1 is 1.59 bits per heavy atom. The van der Waals surface area contributed by atoms with E-state index in [1.54, 1.807) is 0 Å². The molecule has 0 saturated heterocycles. The van der Waals surface area contributed by atoms with Crippen molar-refractivity contribution in [3.63, 3.8) is 0 Å². The van der Waals surface area contributed by atoms with E-state index in [1.807, 2.05) is 0 Å². The van der Waals surface area contributed by atoms with Gasteiger partial charge in [-0.25, -0.2) is 13.6 Å². The molecule has 1 aromatic rings. The van der Waals surface area contributed by atoms with Gasteiger partial charge in [0.15, 0.2) is 5.69 Å². The number of aromatic amines is 1. The van der Waals surface area contributed by atoms with Crippen LogP contribution in [0, 0.1) is 6.92 Å². The zero-order valence-electron chi connectivity index (χ0n) is 9.48. The van der Waals surface area contributed by atoms with Crippen molar-refractivity contribution in [2.45, 2.75) is 11.8 Å². The molecule has 0 aromatic carbocycles. The molecule has 1 amide bonds. The normalized spacial score (nSPS) is 11.5. The number of rotatable bonds is 5. The lowest BCUT2D eigenvalue weighted by Crippen LogP contribution is -2.29. The lowest BCUT2D eigenvalue weighted by Gasteiger charge is -2.03. The predicted octanol–water partition coefficient (Wildman–Crippen LogP) is -1.26. The summed E-state index contributed by atoms with van der Waals surface area (Å²) in [5, 5.41) is 13.5. The van der Waals surface area contributed by atoms with E-state index in [0.29, 0.717) is 6.61 Å². The van der Waals surface area contributed by atoms with Gasteiger partial charge in [0.2, 0.25) is 10.0 Å². The number of nitrogens with one attached hydrogen (secondary N) is 2. The number of ether oxygens (including phenoxy) is 1. The zero-order chi connectivity index (χ0) is 13.1. The predicted molar refractivity (Wildman–Crippen MR) is 58.9 cm³/mol. The molecule has 4 N–H and O–H groups in total. The van der Waals surface area contributed by atoms with Crippen molar-refractivity contribution in [2.75, 3.05) is 20.3 Å². The number of aryl methyl sites for hydroxylation is 1. The number of sulfonamides is 1. The average Bonchev–Trinajstić information content (AvgIpc) is 2.60. The van der Waals surface area contributed by atoms with Gasteiger partial charge in [0.05, 0.1) is 12.3 Å². The number of hydrogen-bond acceptors (Lipinski definition) is 5. The summed E-state index contributed by atoms with van der Waals surface area (Å²) in [7, 11) is -2.50. The third-order valence-corrected chi connectivity index (χ3v) is 3.05. The molecule has 0 saturated carbocycles. The first-order chi connectivity index (χ1) is 7.88. The minimum Gasteiger partial charge on any atom is -0.383 e. The number of nitrogens with two attached hydrogens (primary N) is 1. The van der Waals surface area contributed by atoms with Gasteiger partial charge in [-0.15, -0.1) is 0 Å². The standard InChI is InChI=1S/C8H14N4O4S/c1-5-7(17(9,14)15)6(12-11-5)8(13)10-3-4-16-2/h3-4H2,1-2H3,(H,10,13)(H,11,12)(H2,9,14,15). The molecule has 0 radical (unpaired) electrons. The van der Waals surface area contributed by atoms with Crippen LogP contribution in [0.5, 0.6) is 0 Å². The van der Waals surface area contributed by atoms with Crippen molar-refractivity contribution in [2.24, 2.45) is 5.14 Å². The van der Waals surface area contributed by atoms with Crippen LogP contribution in [0.4, 0.5) is 0 Å². The molecule has 0 aliphatic rings. The van der Waals surface area contributed by atoms with Gasteiger partial charge in [0, 0.05) is 13.7 Å². The maximum Gasteiger partial charge on any atom is 0.273 e. The molecule has 1 heterocycles. The Kier molecular flexibility index (Phi) is 4.21. The fourth-order valence-electron chi connectivity index (χ4n) is 1.27. The van der Waals surface area contributed by atoms with Gasteiger partial charge >= 0.3 is 0 Å². The summed E-state index contributed by atoms with van der Waals surface area (Å²) in [5.74, 6) is -0.615. The largest absolute Gasteiger partial charge is 0.383 e. The summed E-state index contributed by atoms with van der Waals surface area (Å²) >= 11 is 0. The first-order valence-electron chi connectivity index (χ1n) is 4.72. The van der Waals surface area contributed by atoms with Crippen molar-refractivity contribution in [3.05, 3.63) is 11.4 Å². The van der Waals surface area contributed by atoms with E-state index in [4.69, 9.17) is 9.88 Å². The molecule has 96 valence electrons. The first kappa shape index (κ1) is 13.6. The molecule has 0 unspecified atom stereocenters. The van der Waals surface area contributed by atoms with Crippen LogP contribution in [-0.2, 0) is 14.8 Å². The van der Waals surface area contributed by atoms with Crippen molar-refractivity contribution in [1.82, 2.24) is 15.5 Å². The monoisotopic (exact) mass is 262 g/mol. The van der Waals surface area contributed by atoms with Crippen LogP contribution in [0.2, 0.25) is 0 Å². The minimum atomic E-state index is -3.98. The van der Waals surface area contributed by atoms with E-state index in [2.05, 4.69) is 15.5 Å². The Morgan fingerprint density at radius 2 is 2.24 bits per heavy atom. The first-order valence-corrected chi connectivity index (χ1v) is 6.27. The summed E-state index contributed by atoms with van der Waals surface area (Å²) in [6.45, 7) is 2.05. The van der Waals surface area contributed by atoms with Crippen LogP contribution in [-0.4, -0.2) is 44.8 Å². The molecule has 0 aliphatic heterocycles. The Labute approximate surface area is 98.6 Å². The second-order valence-electron chi connectivity index (χ2n) is 3.32. The fourth-order valence-corrected chi connectivity index (χ4v) is 2.15. The van der Waals surface area contributed by atoms with Gasteiger partial charge in [-0.1, -0.05) is 0 Å². The number of primary sulfonamides is 1. The number of amides is 1. The third-order valence-electron chi connectivity index (χ3n) is 1.98. The summed E-state index contributed by atoms with van der Waals surface area (Å²) in [4.78, 5) is 11.3. The number of hydrogen-bond donors (Lipinski definition) is 3. The SMILES string of the molecule is COCCNC(=O)c1n[nH]c(C)c1S(N)(=O)=O. The molecule has 1 rings (SSSR count). The van der Waals surface area contributed by atoms with Crippen molar-refractivity contribution in [1.29, 1.82) is 0 Å². The highest BCUT2D eigenvalue weighted by molar-refractivity contribution is 7.89. The fraction of sp³-hybridized carbons (Fsp3) is 0.500. The molecular formula is C8H14N4O4S. The Bertz CT molecular complexity index is 508. The van der Waals surface area contributed by atoms with Gasteiger partial charge < -0.3 is 10.1 Å². The van der Waals surface area contributed by atoms with Crippen LogP contribution >= 0.6 is 0 Å². The molecule has 0 bridgehead atoms. The van der Waals surface area contributed by atoms with Crippen LogP contribution in [0.3, 0.4) is 0 Å². The third kappa shape index (κ3) is 3.25. The van der Waals surface area contributed by atoms with Gasteiger partial charge in [-0.2, -0.15) is 5.10 Å². The van der Waals surface area contributed by atoms with Crippen LogP contribution in [0.25, 0.3) is 0 Å². The lowest BCUT2D eigenvalue weighted by molar-refractivity contribution is 0.0929. The Hall–Kier alpha value is -1.45. The van der Waals surface area contributed by atoms with Gasteiger partial charge in [-0.3, -0.25) is 9.89 Å². The average molecular weight is 262 g/mol. The number of H-pyrrole nitrogens is 1. The maximum absolute atomic E-state index is 11.6. The number of aromatic nitrogens is 2. The number of carbonyl (C=O) groups excluding carboxylic acids is 1. The number of carbonyl (C=O) groups is 1. The molecule has 17 heavy (non-hydrogen) atoms. The van der Waals surface area contributed by atoms with Crippen LogP contribution in [0.15, 0.2) is 4.90 Å². The Balaban J connectivity index is 2.96. The van der Waals surface area contributed by atoms with E-state index in [9.17, 15) is 13.2 Å². The topological polar surface area (TPSA) is 127 Å². The smallest absolute Gasteiger partial charge is 0.273 e. The van der Waals surface area contributed by atoms with Crippen LogP contribution < -0.4 is 10.5 Å². The molecule has 1 aromatic heterocycles. The molecular weight excluding hydrogens is 248 g/mol. The molecule has 8 nitrogen and oxygen atoms in total. The van der Waals surface area contributed by atoms with Gasteiger partial charge in [0.1, 0.15) is 4.90 Å². The highest BCUT2D eigenvalue weighted by atomic mass is 32.2. The number of methoxy groups -OCH3 is 1. The molecule has 9 heteroatoms. The molecule has 0 atom stereocenters. The van der Waals surface area contributed by atoms with Crippen molar-refractivity contribution in [3.8, 4) is 0 Å². The maximum atomic E-state index is 11.6. The van der Waals surface area contributed by atoms with Gasteiger partial charge in [-0.05, 0) is 6.92 Å². The second-order valence-corrected chi connectivity index (χ2v) is 4.82. The summed E-state index contributed by atoms with van der Waals surface area (Å²) in [6, 6.07) is 0. The van der Waals surface area contributed by atoms with E-state index in [0.717, 1.165) is 0 Å². The van der Waals surface area contributed by atoms with E-state index < -0.39 is 15.9 Å². The molecule has 0 spiro atoms. The minimum absolute atomic E-state index is 0.226. The number of nitrogens with zero attached hydrogens (tertiary/aromatic N) is 1. The zero-order valence-corrected chi connectivity index (χ0v) is 10.3. The second kappa shape index (κ2) is 5.25. The van der Waals surface area contributed by atoms with Gasteiger partial charge in [0.25, 0.3) is 5.91 Å². The van der Waals surface area contributed by atoms with Crippen molar-refractivity contribution < 1.29 is 17.9 Å². The highest BCUT2D eigenvalue weighted by Gasteiger charge is 2.25. The summed E-state index contributed by atoms with van der Waals surface area (Å²) in [6.07, 6.45) is 0. The molecule has 0 aliphatic carbocycles. The van der Waals surface area contributed by atoms with Crippen LogP contribution in [0.1, 0.15) is 16.2 Å². The quantitative estimate of drug-likeness (QED) is 0.571. The summed E-state index contributed by atoms with van der Waals surface area (Å²) < 4.78 is 27.3.